The standard InChI is InChI=1S/C24H19N2.C17H14N.Pt/c1-26(22-12-6-3-7-13-22)23-14-8-11-21(17-23)24-18-20(15-16-25-24)19-9-4-2-5-10-19;1-3-8-14(4-2)16-11-12-18-17(13-16)15-9-6-5-7-10-15;/h2-16,18H,1H3;3-9,11-13H,1-2H2;/q2*-1;+2/b;14-8+;. The Kier molecular flexibility index (Phi) is 12.1. The van der Waals surface area contributed by atoms with Gasteiger partial charge in [-0.2, -0.15) is 0 Å². The van der Waals surface area contributed by atoms with Crippen LogP contribution in [0.4, 0.5) is 11.4 Å². The summed E-state index contributed by atoms with van der Waals surface area (Å²) in [6, 6.07) is 49.5. The first-order chi connectivity index (χ1) is 21.7. The van der Waals surface area contributed by atoms with Crippen LogP contribution in [0.25, 0.3) is 39.2 Å². The molecule has 2 aromatic heterocycles. The van der Waals surface area contributed by atoms with Crippen LogP contribution in [0, 0.1) is 12.1 Å². The molecule has 0 atom stereocenters. The Labute approximate surface area is 281 Å². The van der Waals surface area contributed by atoms with Gasteiger partial charge < -0.3 is 14.9 Å². The van der Waals surface area contributed by atoms with E-state index < -0.39 is 0 Å². The fraction of sp³-hybridized carbons (Fsp3) is 0.0244. The number of allylic oxidation sites excluding steroid dienone is 4. The van der Waals surface area contributed by atoms with Crippen LogP contribution in [0.5, 0.6) is 0 Å². The molecule has 0 amide bonds. The van der Waals surface area contributed by atoms with Gasteiger partial charge in [0, 0.05) is 25.1 Å². The number of benzene rings is 4. The number of nitrogens with zero attached hydrogens (tertiary/aromatic N) is 3. The molecule has 0 unspecified atom stereocenters. The number of rotatable bonds is 8. The molecule has 0 saturated carbocycles. The molecular weight excluding hydrogens is 730 g/mol. The summed E-state index contributed by atoms with van der Waals surface area (Å²) < 4.78 is 0. The minimum Gasteiger partial charge on any atom is -0.362 e. The van der Waals surface area contributed by atoms with E-state index in [2.05, 4.69) is 108 Å². The Morgan fingerprint density at radius 3 is 2.04 bits per heavy atom. The zero-order valence-electron chi connectivity index (χ0n) is 25.1. The van der Waals surface area contributed by atoms with Crippen molar-refractivity contribution in [1.82, 2.24) is 9.97 Å². The first-order valence-electron chi connectivity index (χ1n) is 14.4. The van der Waals surface area contributed by atoms with E-state index in [0.717, 1.165) is 50.6 Å². The van der Waals surface area contributed by atoms with Gasteiger partial charge in [-0.1, -0.05) is 92.0 Å². The molecule has 6 rings (SSSR count). The first-order valence-corrected chi connectivity index (χ1v) is 14.4. The monoisotopic (exact) mass is 762 g/mol. The van der Waals surface area contributed by atoms with Crippen LogP contribution in [0.1, 0.15) is 5.56 Å². The largest absolute Gasteiger partial charge is 2.00 e. The van der Waals surface area contributed by atoms with Gasteiger partial charge in [0.1, 0.15) is 0 Å². The van der Waals surface area contributed by atoms with Crippen molar-refractivity contribution in [3.05, 3.63) is 189 Å². The second-order valence-electron chi connectivity index (χ2n) is 9.91. The minimum absolute atomic E-state index is 0. The molecule has 0 aliphatic carbocycles. The van der Waals surface area contributed by atoms with Crippen molar-refractivity contribution < 1.29 is 21.1 Å². The summed E-state index contributed by atoms with van der Waals surface area (Å²) in [7, 11) is 2.05. The summed E-state index contributed by atoms with van der Waals surface area (Å²) in [4.78, 5) is 11.1. The third-order valence-corrected chi connectivity index (χ3v) is 7.02. The van der Waals surface area contributed by atoms with E-state index in [0.29, 0.717) is 0 Å². The van der Waals surface area contributed by atoms with Gasteiger partial charge in [-0.15, -0.1) is 65.7 Å². The molecule has 4 heteroatoms. The maximum absolute atomic E-state index is 4.56. The predicted molar refractivity (Wildman–Crippen MR) is 185 cm³/mol. The number of para-hydroxylation sites is 1. The van der Waals surface area contributed by atoms with E-state index >= 15 is 0 Å². The zero-order valence-corrected chi connectivity index (χ0v) is 27.4. The summed E-state index contributed by atoms with van der Waals surface area (Å²) in [5.41, 5.74) is 10.4. The van der Waals surface area contributed by atoms with Crippen LogP contribution in [0.3, 0.4) is 0 Å². The topological polar surface area (TPSA) is 29.0 Å². The quantitative estimate of drug-likeness (QED) is 0.114. The number of hydrogen-bond donors (Lipinski definition) is 0. The molecule has 6 aromatic rings. The summed E-state index contributed by atoms with van der Waals surface area (Å²) in [5, 5.41) is 0. The van der Waals surface area contributed by atoms with E-state index in [1.54, 1.807) is 12.3 Å². The molecule has 4 aromatic carbocycles. The normalized spacial score (nSPS) is 10.5. The van der Waals surface area contributed by atoms with E-state index in [-0.39, 0.29) is 21.1 Å². The van der Waals surface area contributed by atoms with Crippen molar-refractivity contribution >= 4 is 16.9 Å². The Hall–Kier alpha value is -5.11. The van der Waals surface area contributed by atoms with Gasteiger partial charge in [-0.3, -0.25) is 0 Å². The van der Waals surface area contributed by atoms with Crippen molar-refractivity contribution in [3.8, 4) is 33.6 Å². The van der Waals surface area contributed by atoms with Gasteiger partial charge in [0.2, 0.25) is 0 Å². The molecule has 0 saturated heterocycles. The Balaban J connectivity index is 0.000000214. The van der Waals surface area contributed by atoms with Crippen molar-refractivity contribution in [2.75, 3.05) is 11.9 Å². The summed E-state index contributed by atoms with van der Waals surface area (Å²) in [6.45, 7) is 7.52. The molecule has 3 nitrogen and oxygen atoms in total. The number of aromatic nitrogens is 2. The average molecular weight is 763 g/mol. The molecule has 0 N–H and O–H groups in total. The molecule has 0 bridgehead atoms. The molecule has 45 heavy (non-hydrogen) atoms. The Morgan fingerprint density at radius 1 is 0.689 bits per heavy atom. The molecular formula is C41H33N3Pt. The summed E-state index contributed by atoms with van der Waals surface area (Å²) in [6.07, 6.45) is 9.16. The average Bonchev–Trinajstić information content (AvgIpc) is 3.12. The van der Waals surface area contributed by atoms with Crippen LogP contribution < -0.4 is 4.90 Å². The fourth-order valence-electron chi connectivity index (χ4n) is 4.70. The SMILES string of the molecule is C=C/C=C(\C=C)c1ccnc(-c2[c-]cccc2)c1.CN(c1[c-]c(-c2cc(-c3ccccc3)ccn2)ccc1)c1ccccc1.[Pt+2]. The van der Waals surface area contributed by atoms with Crippen molar-refractivity contribution in [2.45, 2.75) is 0 Å². The van der Waals surface area contributed by atoms with Crippen molar-refractivity contribution in [2.24, 2.45) is 0 Å². The summed E-state index contributed by atoms with van der Waals surface area (Å²) in [5.74, 6) is 0. The number of hydrogen-bond acceptors (Lipinski definition) is 3. The molecule has 0 aliphatic rings. The minimum atomic E-state index is 0. The van der Waals surface area contributed by atoms with Crippen molar-refractivity contribution in [3.63, 3.8) is 0 Å². The molecule has 0 fully saturated rings. The van der Waals surface area contributed by atoms with E-state index in [4.69, 9.17) is 0 Å². The maximum atomic E-state index is 4.56. The molecule has 0 spiro atoms. The van der Waals surface area contributed by atoms with Gasteiger partial charge >= 0.3 is 21.1 Å². The van der Waals surface area contributed by atoms with Crippen LogP contribution in [0.15, 0.2) is 171 Å². The third-order valence-electron chi connectivity index (χ3n) is 7.02. The van der Waals surface area contributed by atoms with Gasteiger partial charge in [0.25, 0.3) is 0 Å². The molecule has 0 aliphatic heterocycles. The maximum Gasteiger partial charge on any atom is 2.00 e. The van der Waals surface area contributed by atoms with Crippen LogP contribution in [0.2, 0.25) is 0 Å². The fourth-order valence-corrected chi connectivity index (χ4v) is 4.70. The molecule has 2 heterocycles. The van der Waals surface area contributed by atoms with E-state index in [1.165, 1.54) is 5.56 Å². The van der Waals surface area contributed by atoms with Crippen molar-refractivity contribution in [1.29, 1.82) is 0 Å². The van der Waals surface area contributed by atoms with E-state index in [9.17, 15) is 0 Å². The number of anilines is 2. The summed E-state index contributed by atoms with van der Waals surface area (Å²) >= 11 is 0. The van der Waals surface area contributed by atoms with Gasteiger partial charge in [0.05, 0.1) is 0 Å². The van der Waals surface area contributed by atoms with Crippen LogP contribution in [-0.2, 0) is 21.1 Å². The van der Waals surface area contributed by atoms with Gasteiger partial charge in [0.15, 0.2) is 0 Å². The second kappa shape index (κ2) is 16.7. The van der Waals surface area contributed by atoms with Crippen LogP contribution in [-0.4, -0.2) is 17.0 Å². The predicted octanol–water partition coefficient (Wildman–Crippen LogP) is 10.3. The van der Waals surface area contributed by atoms with Gasteiger partial charge in [-0.05, 0) is 63.6 Å². The second-order valence-corrected chi connectivity index (χ2v) is 9.91. The van der Waals surface area contributed by atoms with Crippen LogP contribution >= 0.6 is 0 Å². The molecule has 222 valence electrons. The Morgan fingerprint density at radius 2 is 1.36 bits per heavy atom. The Bertz CT molecular complexity index is 1850. The molecule has 0 radical (unpaired) electrons. The first kappa shape index (κ1) is 32.8. The van der Waals surface area contributed by atoms with Gasteiger partial charge in [-0.25, -0.2) is 0 Å². The smallest absolute Gasteiger partial charge is 0.362 e. The number of pyridine rings is 2. The third kappa shape index (κ3) is 8.72. The zero-order chi connectivity index (χ0) is 30.6. The van der Waals surface area contributed by atoms with E-state index in [1.807, 2.05) is 85.1 Å².